The van der Waals surface area contributed by atoms with Crippen molar-refractivity contribution in [1.29, 1.82) is 0 Å². The lowest BCUT2D eigenvalue weighted by Gasteiger charge is -2.30. The topological polar surface area (TPSA) is 12.0 Å². The summed E-state index contributed by atoms with van der Waals surface area (Å²) in [6.07, 6.45) is 1.27. The standard InChI is InChI=1S/C16H25N/c1-12-11-17-10-9-15(12)13-5-7-14(8-6-13)16(2,3)4/h5-8,12,15,17H,9-11H2,1-4H3/t12-,15+/m0/s1. The molecule has 1 heteroatoms. The van der Waals surface area contributed by atoms with E-state index in [4.69, 9.17) is 0 Å². The molecule has 1 N–H and O–H groups in total. The van der Waals surface area contributed by atoms with Crippen LogP contribution in [0.15, 0.2) is 24.3 Å². The van der Waals surface area contributed by atoms with Crippen LogP contribution in [0, 0.1) is 5.92 Å². The van der Waals surface area contributed by atoms with Gasteiger partial charge in [0.25, 0.3) is 0 Å². The maximum atomic E-state index is 3.47. The van der Waals surface area contributed by atoms with Gasteiger partial charge in [-0.2, -0.15) is 0 Å². The maximum absolute atomic E-state index is 3.47. The second kappa shape index (κ2) is 4.81. The Morgan fingerprint density at radius 3 is 2.29 bits per heavy atom. The highest BCUT2D eigenvalue weighted by molar-refractivity contribution is 5.30. The summed E-state index contributed by atoms with van der Waals surface area (Å²) in [5, 5.41) is 3.47. The normalized spacial score (nSPS) is 25.9. The van der Waals surface area contributed by atoms with E-state index in [0.29, 0.717) is 0 Å². The highest BCUT2D eigenvalue weighted by atomic mass is 14.9. The van der Waals surface area contributed by atoms with Crippen molar-refractivity contribution in [2.24, 2.45) is 5.92 Å². The maximum Gasteiger partial charge on any atom is -0.00173 e. The SMILES string of the molecule is C[C@H]1CNCC[C@H]1c1ccc(C(C)(C)C)cc1. The second-order valence-corrected chi connectivity index (χ2v) is 6.45. The lowest BCUT2D eigenvalue weighted by molar-refractivity contribution is 0.349. The summed E-state index contributed by atoms with van der Waals surface area (Å²) in [7, 11) is 0. The van der Waals surface area contributed by atoms with E-state index in [1.54, 1.807) is 0 Å². The van der Waals surface area contributed by atoms with E-state index in [2.05, 4.69) is 57.3 Å². The zero-order chi connectivity index (χ0) is 12.5. The van der Waals surface area contributed by atoms with E-state index in [-0.39, 0.29) is 5.41 Å². The van der Waals surface area contributed by atoms with Gasteiger partial charge in [0.1, 0.15) is 0 Å². The first-order valence-corrected chi connectivity index (χ1v) is 6.79. The molecule has 1 aliphatic rings. The minimum atomic E-state index is 0.262. The Kier molecular flexibility index (Phi) is 3.58. The zero-order valence-electron chi connectivity index (χ0n) is 11.6. The Hall–Kier alpha value is -0.820. The monoisotopic (exact) mass is 231 g/mol. The van der Waals surface area contributed by atoms with Gasteiger partial charge in [-0.15, -0.1) is 0 Å². The Bertz CT molecular complexity index is 358. The number of nitrogens with one attached hydrogen (secondary N) is 1. The summed E-state index contributed by atoms with van der Waals surface area (Å²) in [4.78, 5) is 0. The third-order valence-corrected chi connectivity index (χ3v) is 3.99. The van der Waals surface area contributed by atoms with Crippen molar-refractivity contribution >= 4 is 0 Å². The van der Waals surface area contributed by atoms with E-state index in [1.165, 1.54) is 17.5 Å². The summed E-state index contributed by atoms with van der Waals surface area (Å²) >= 11 is 0. The molecule has 2 rings (SSSR count). The fraction of sp³-hybridized carbons (Fsp3) is 0.625. The summed E-state index contributed by atoms with van der Waals surface area (Å²) in [5.74, 6) is 1.49. The third kappa shape index (κ3) is 2.90. The summed E-state index contributed by atoms with van der Waals surface area (Å²) < 4.78 is 0. The third-order valence-electron chi connectivity index (χ3n) is 3.99. The van der Waals surface area contributed by atoms with Crippen LogP contribution in [-0.4, -0.2) is 13.1 Å². The first kappa shape index (κ1) is 12.6. The predicted molar refractivity (Wildman–Crippen MR) is 74.5 cm³/mol. The number of hydrogen-bond acceptors (Lipinski definition) is 1. The molecular weight excluding hydrogens is 206 g/mol. The van der Waals surface area contributed by atoms with Gasteiger partial charge in [0.15, 0.2) is 0 Å². The average Bonchev–Trinajstić information content (AvgIpc) is 2.29. The quantitative estimate of drug-likeness (QED) is 0.777. The Morgan fingerprint density at radius 2 is 1.76 bits per heavy atom. The molecule has 0 unspecified atom stereocenters. The Morgan fingerprint density at radius 1 is 1.12 bits per heavy atom. The number of piperidine rings is 1. The number of hydrogen-bond donors (Lipinski definition) is 1. The van der Waals surface area contributed by atoms with Gasteiger partial charge < -0.3 is 5.32 Å². The van der Waals surface area contributed by atoms with E-state index in [9.17, 15) is 0 Å². The van der Waals surface area contributed by atoms with Gasteiger partial charge in [-0.05, 0) is 47.9 Å². The van der Waals surface area contributed by atoms with Gasteiger partial charge in [-0.1, -0.05) is 52.0 Å². The van der Waals surface area contributed by atoms with E-state index in [0.717, 1.165) is 24.9 Å². The van der Waals surface area contributed by atoms with Crippen LogP contribution in [0.2, 0.25) is 0 Å². The minimum Gasteiger partial charge on any atom is -0.316 e. The molecule has 0 aliphatic carbocycles. The molecule has 1 nitrogen and oxygen atoms in total. The fourth-order valence-corrected chi connectivity index (χ4v) is 2.74. The van der Waals surface area contributed by atoms with Crippen molar-refractivity contribution in [2.45, 2.75) is 45.4 Å². The number of benzene rings is 1. The molecule has 1 aromatic carbocycles. The van der Waals surface area contributed by atoms with Crippen molar-refractivity contribution in [3.63, 3.8) is 0 Å². The van der Waals surface area contributed by atoms with Crippen LogP contribution in [0.4, 0.5) is 0 Å². The van der Waals surface area contributed by atoms with Crippen molar-refractivity contribution in [2.75, 3.05) is 13.1 Å². The highest BCUT2D eigenvalue weighted by Gasteiger charge is 2.23. The Balaban J connectivity index is 2.17. The lowest BCUT2D eigenvalue weighted by atomic mass is 9.80. The van der Waals surface area contributed by atoms with E-state index < -0.39 is 0 Å². The van der Waals surface area contributed by atoms with Gasteiger partial charge in [-0.3, -0.25) is 0 Å². The first-order valence-electron chi connectivity index (χ1n) is 6.79. The van der Waals surface area contributed by atoms with Gasteiger partial charge in [0.2, 0.25) is 0 Å². The van der Waals surface area contributed by atoms with Gasteiger partial charge in [0, 0.05) is 0 Å². The molecule has 1 saturated heterocycles. The first-order chi connectivity index (χ1) is 7.98. The molecule has 0 aromatic heterocycles. The molecule has 1 aliphatic heterocycles. The molecule has 1 aromatic rings. The second-order valence-electron chi connectivity index (χ2n) is 6.45. The molecule has 0 saturated carbocycles. The van der Waals surface area contributed by atoms with Crippen LogP contribution in [0.3, 0.4) is 0 Å². The fourth-order valence-electron chi connectivity index (χ4n) is 2.74. The largest absolute Gasteiger partial charge is 0.316 e. The van der Waals surface area contributed by atoms with Gasteiger partial charge >= 0.3 is 0 Å². The van der Waals surface area contributed by atoms with Crippen molar-refractivity contribution in [3.8, 4) is 0 Å². The molecule has 2 atom stereocenters. The zero-order valence-corrected chi connectivity index (χ0v) is 11.6. The number of rotatable bonds is 1. The molecule has 0 bridgehead atoms. The lowest BCUT2D eigenvalue weighted by Crippen LogP contribution is -2.33. The molecule has 1 heterocycles. The molecule has 17 heavy (non-hydrogen) atoms. The van der Waals surface area contributed by atoms with Crippen molar-refractivity contribution in [3.05, 3.63) is 35.4 Å². The summed E-state index contributed by atoms with van der Waals surface area (Å²) in [5.41, 5.74) is 3.22. The van der Waals surface area contributed by atoms with Gasteiger partial charge in [-0.25, -0.2) is 0 Å². The van der Waals surface area contributed by atoms with Crippen LogP contribution >= 0.6 is 0 Å². The van der Waals surface area contributed by atoms with Crippen LogP contribution < -0.4 is 5.32 Å². The van der Waals surface area contributed by atoms with Gasteiger partial charge in [0.05, 0.1) is 0 Å². The van der Waals surface area contributed by atoms with E-state index >= 15 is 0 Å². The molecule has 1 fully saturated rings. The molecule has 0 amide bonds. The summed E-state index contributed by atoms with van der Waals surface area (Å²) in [6, 6.07) is 9.30. The molecule has 0 radical (unpaired) electrons. The van der Waals surface area contributed by atoms with Crippen LogP contribution in [-0.2, 0) is 5.41 Å². The van der Waals surface area contributed by atoms with Crippen molar-refractivity contribution < 1.29 is 0 Å². The average molecular weight is 231 g/mol. The van der Waals surface area contributed by atoms with E-state index in [1.807, 2.05) is 0 Å². The van der Waals surface area contributed by atoms with Crippen LogP contribution in [0.25, 0.3) is 0 Å². The summed E-state index contributed by atoms with van der Waals surface area (Å²) in [6.45, 7) is 11.5. The van der Waals surface area contributed by atoms with Crippen LogP contribution in [0.5, 0.6) is 0 Å². The van der Waals surface area contributed by atoms with Crippen molar-refractivity contribution in [1.82, 2.24) is 5.32 Å². The molecule has 0 spiro atoms. The smallest absolute Gasteiger partial charge is 0.00173 e. The highest BCUT2D eigenvalue weighted by Crippen LogP contribution is 2.31. The Labute approximate surface area is 106 Å². The molecular formula is C16H25N. The molecule has 94 valence electrons. The predicted octanol–water partition coefficient (Wildman–Crippen LogP) is 3.70. The van der Waals surface area contributed by atoms with Crippen LogP contribution in [0.1, 0.15) is 51.2 Å². The minimum absolute atomic E-state index is 0.262.